The number of hydrogen-bond donors (Lipinski definition) is 0. The van der Waals surface area contributed by atoms with Crippen molar-refractivity contribution in [3.63, 3.8) is 0 Å². The van der Waals surface area contributed by atoms with E-state index in [0.29, 0.717) is 0 Å². The third kappa shape index (κ3) is 2.48. The predicted molar refractivity (Wildman–Crippen MR) is 68.6 cm³/mol. The first-order chi connectivity index (χ1) is 8.65. The highest BCUT2D eigenvalue weighted by Gasteiger charge is 2.25. The van der Waals surface area contributed by atoms with Crippen molar-refractivity contribution in [3.8, 4) is 5.75 Å². The minimum absolute atomic E-state index is 0.179. The zero-order valence-corrected chi connectivity index (χ0v) is 11.1. The average molecular weight is 249 g/mol. The molecule has 1 aromatic carbocycles. The second-order valence-corrected chi connectivity index (χ2v) is 4.55. The van der Waals surface area contributed by atoms with E-state index in [1.165, 1.54) is 18.2 Å². The molecule has 2 rings (SSSR count). The Morgan fingerprint density at radius 3 is 2.78 bits per heavy atom. The summed E-state index contributed by atoms with van der Waals surface area (Å²) >= 11 is 0. The summed E-state index contributed by atoms with van der Waals surface area (Å²) in [5.74, 6) is 0.683. The Labute approximate surface area is 107 Å². The summed E-state index contributed by atoms with van der Waals surface area (Å²) in [6.07, 6.45) is 0.959. The van der Waals surface area contributed by atoms with Crippen LogP contribution in [0.4, 0.5) is 0 Å². The van der Waals surface area contributed by atoms with Crippen LogP contribution in [0.3, 0.4) is 0 Å². The van der Waals surface area contributed by atoms with Crippen molar-refractivity contribution in [1.82, 2.24) is 4.90 Å². The molecule has 0 fully saturated rings. The van der Waals surface area contributed by atoms with Crippen LogP contribution in [0.5, 0.6) is 5.75 Å². The SMILES string of the molecule is COC(=O)C(C)N1CCc2ccc(OC)cc2C1. The Hall–Kier alpha value is -1.55. The second kappa shape index (κ2) is 5.40. The molecule has 1 atom stereocenters. The number of fused-ring (bicyclic) bond motifs is 1. The monoisotopic (exact) mass is 249 g/mol. The number of esters is 1. The molecule has 1 heterocycles. The van der Waals surface area contributed by atoms with Crippen molar-refractivity contribution in [1.29, 1.82) is 0 Å². The normalized spacial score (nSPS) is 16.8. The third-order valence-corrected chi connectivity index (χ3v) is 3.55. The molecule has 0 radical (unpaired) electrons. The van der Waals surface area contributed by atoms with Gasteiger partial charge in [0, 0.05) is 13.1 Å². The fraction of sp³-hybridized carbons (Fsp3) is 0.500. The Bertz CT molecular complexity index is 445. The minimum Gasteiger partial charge on any atom is -0.497 e. The molecule has 0 aromatic heterocycles. The molecule has 1 unspecified atom stereocenters. The molecular weight excluding hydrogens is 230 g/mol. The van der Waals surface area contributed by atoms with Crippen molar-refractivity contribution in [2.24, 2.45) is 0 Å². The largest absolute Gasteiger partial charge is 0.497 e. The molecule has 0 amide bonds. The first-order valence-corrected chi connectivity index (χ1v) is 6.13. The molecule has 0 N–H and O–H groups in total. The lowest BCUT2D eigenvalue weighted by atomic mass is 9.98. The summed E-state index contributed by atoms with van der Waals surface area (Å²) in [4.78, 5) is 13.7. The van der Waals surface area contributed by atoms with Crippen LogP contribution in [0.1, 0.15) is 18.1 Å². The van der Waals surface area contributed by atoms with E-state index in [0.717, 1.165) is 25.3 Å². The number of hydrogen-bond acceptors (Lipinski definition) is 4. The first kappa shape index (κ1) is 12.9. The summed E-state index contributed by atoms with van der Waals surface area (Å²) in [7, 11) is 3.10. The Kier molecular flexibility index (Phi) is 3.87. The summed E-state index contributed by atoms with van der Waals surface area (Å²) in [5.41, 5.74) is 2.57. The maximum Gasteiger partial charge on any atom is 0.322 e. The molecular formula is C14H19NO3. The maximum absolute atomic E-state index is 11.6. The average Bonchev–Trinajstić information content (AvgIpc) is 2.44. The van der Waals surface area contributed by atoms with Gasteiger partial charge in [0.25, 0.3) is 0 Å². The number of carbonyl (C=O) groups is 1. The summed E-state index contributed by atoms with van der Waals surface area (Å²) in [6, 6.07) is 5.94. The predicted octanol–water partition coefficient (Wildman–Crippen LogP) is 1.61. The van der Waals surface area contributed by atoms with Gasteiger partial charge in [-0.2, -0.15) is 0 Å². The van der Waals surface area contributed by atoms with Gasteiger partial charge >= 0.3 is 5.97 Å². The number of rotatable bonds is 3. The van der Waals surface area contributed by atoms with Crippen LogP contribution in [-0.4, -0.2) is 37.7 Å². The van der Waals surface area contributed by atoms with Gasteiger partial charge in [-0.05, 0) is 36.6 Å². The van der Waals surface area contributed by atoms with Crippen molar-refractivity contribution in [2.45, 2.75) is 25.9 Å². The highest BCUT2D eigenvalue weighted by atomic mass is 16.5. The molecule has 18 heavy (non-hydrogen) atoms. The van der Waals surface area contributed by atoms with Gasteiger partial charge in [-0.1, -0.05) is 6.07 Å². The van der Waals surface area contributed by atoms with Gasteiger partial charge in [-0.15, -0.1) is 0 Å². The molecule has 0 aliphatic carbocycles. The topological polar surface area (TPSA) is 38.8 Å². The number of benzene rings is 1. The smallest absolute Gasteiger partial charge is 0.322 e. The van der Waals surface area contributed by atoms with Crippen LogP contribution < -0.4 is 4.74 Å². The van der Waals surface area contributed by atoms with Crippen LogP contribution in [0, 0.1) is 0 Å². The van der Waals surface area contributed by atoms with Gasteiger partial charge in [0.05, 0.1) is 14.2 Å². The van der Waals surface area contributed by atoms with Gasteiger partial charge in [0.15, 0.2) is 0 Å². The maximum atomic E-state index is 11.6. The highest BCUT2D eigenvalue weighted by Crippen LogP contribution is 2.24. The van der Waals surface area contributed by atoms with Crippen molar-refractivity contribution in [3.05, 3.63) is 29.3 Å². The standard InChI is InChI=1S/C14H19NO3/c1-10(14(16)18-3)15-7-6-11-4-5-13(17-2)8-12(11)9-15/h4-5,8,10H,6-7,9H2,1-3H3. The fourth-order valence-electron chi connectivity index (χ4n) is 2.33. The zero-order chi connectivity index (χ0) is 13.1. The molecule has 1 aliphatic heterocycles. The van der Waals surface area contributed by atoms with Gasteiger partial charge in [-0.3, -0.25) is 9.69 Å². The zero-order valence-electron chi connectivity index (χ0n) is 11.1. The lowest BCUT2D eigenvalue weighted by Gasteiger charge is -2.32. The van der Waals surface area contributed by atoms with Gasteiger partial charge < -0.3 is 9.47 Å². The number of nitrogens with zero attached hydrogens (tertiary/aromatic N) is 1. The minimum atomic E-state index is -0.200. The van der Waals surface area contributed by atoms with Gasteiger partial charge in [0.2, 0.25) is 0 Å². The van der Waals surface area contributed by atoms with E-state index in [1.54, 1.807) is 7.11 Å². The Morgan fingerprint density at radius 1 is 1.33 bits per heavy atom. The number of methoxy groups -OCH3 is 2. The molecule has 4 heteroatoms. The molecule has 0 saturated carbocycles. The molecule has 0 saturated heterocycles. The summed E-state index contributed by atoms with van der Waals surface area (Å²) < 4.78 is 10.0. The summed E-state index contributed by atoms with van der Waals surface area (Å²) in [6.45, 7) is 3.54. The van der Waals surface area contributed by atoms with Crippen LogP contribution in [-0.2, 0) is 22.5 Å². The molecule has 0 bridgehead atoms. The van der Waals surface area contributed by atoms with Crippen molar-refractivity contribution in [2.75, 3.05) is 20.8 Å². The van der Waals surface area contributed by atoms with E-state index in [1.807, 2.05) is 19.1 Å². The van der Waals surface area contributed by atoms with E-state index in [2.05, 4.69) is 11.0 Å². The number of carbonyl (C=O) groups excluding carboxylic acids is 1. The molecule has 98 valence electrons. The van der Waals surface area contributed by atoms with Crippen LogP contribution >= 0.6 is 0 Å². The molecule has 4 nitrogen and oxygen atoms in total. The van der Waals surface area contributed by atoms with Crippen LogP contribution in [0.25, 0.3) is 0 Å². The highest BCUT2D eigenvalue weighted by molar-refractivity contribution is 5.75. The lowest BCUT2D eigenvalue weighted by molar-refractivity contribution is -0.146. The molecule has 1 aromatic rings. The Morgan fingerprint density at radius 2 is 2.11 bits per heavy atom. The van der Waals surface area contributed by atoms with E-state index in [9.17, 15) is 4.79 Å². The van der Waals surface area contributed by atoms with E-state index >= 15 is 0 Å². The molecule has 1 aliphatic rings. The van der Waals surface area contributed by atoms with E-state index < -0.39 is 0 Å². The summed E-state index contributed by atoms with van der Waals surface area (Å²) in [5, 5.41) is 0. The van der Waals surface area contributed by atoms with Crippen LogP contribution in [0.2, 0.25) is 0 Å². The second-order valence-electron chi connectivity index (χ2n) is 4.55. The van der Waals surface area contributed by atoms with Gasteiger partial charge in [-0.25, -0.2) is 0 Å². The quantitative estimate of drug-likeness (QED) is 0.763. The lowest BCUT2D eigenvalue weighted by Crippen LogP contribution is -2.42. The number of ether oxygens (including phenoxy) is 2. The van der Waals surface area contributed by atoms with Crippen molar-refractivity contribution >= 4 is 5.97 Å². The first-order valence-electron chi connectivity index (χ1n) is 6.13. The fourth-order valence-corrected chi connectivity index (χ4v) is 2.33. The van der Waals surface area contributed by atoms with Gasteiger partial charge in [0.1, 0.15) is 11.8 Å². The molecule has 0 spiro atoms. The Balaban J connectivity index is 2.15. The third-order valence-electron chi connectivity index (χ3n) is 3.55. The van der Waals surface area contributed by atoms with E-state index in [-0.39, 0.29) is 12.0 Å². The van der Waals surface area contributed by atoms with Crippen molar-refractivity contribution < 1.29 is 14.3 Å². The van der Waals surface area contributed by atoms with Crippen LogP contribution in [0.15, 0.2) is 18.2 Å². The van der Waals surface area contributed by atoms with E-state index in [4.69, 9.17) is 9.47 Å².